The van der Waals surface area contributed by atoms with Crippen LogP contribution >= 0.6 is 0 Å². The van der Waals surface area contributed by atoms with Crippen LogP contribution in [0.3, 0.4) is 0 Å². The lowest BCUT2D eigenvalue weighted by atomic mass is 9.83. The lowest BCUT2D eigenvalue weighted by Crippen LogP contribution is -2.54. The summed E-state index contributed by atoms with van der Waals surface area (Å²) in [5, 5.41) is 11.8. The molecule has 1 aromatic carbocycles. The number of likely N-dealkylation sites (tertiary alicyclic amines) is 2. The number of carboxylic acid groups (broad SMARTS) is 1. The number of piperidine rings is 1. The Hall–Kier alpha value is -4.09. The van der Waals surface area contributed by atoms with Crippen molar-refractivity contribution in [3.8, 4) is 0 Å². The van der Waals surface area contributed by atoms with E-state index in [4.69, 9.17) is 24.1 Å². The molecule has 71 heavy (non-hydrogen) atoms. The van der Waals surface area contributed by atoms with Gasteiger partial charge < -0.3 is 39.2 Å². The molecule has 2 bridgehead atoms. The first-order chi connectivity index (χ1) is 33.8. The first-order valence-electron chi connectivity index (χ1n) is 26.4. The van der Waals surface area contributed by atoms with Gasteiger partial charge in [-0.1, -0.05) is 78.3 Å². The minimum absolute atomic E-state index is 0.0149. The highest BCUT2D eigenvalue weighted by Crippen LogP contribution is 2.43. The van der Waals surface area contributed by atoms with Crippen LogP contribution in [0, 0.1) is 41.4 Å². The zero-order valence-electron chi connectivity index (χ0n) is 44.6. The first kappa shape index (κ1) is 59.5. The second-order valence-corrected chi connectivity index (χ2v) is 21.1. The van der Waals surface area contributed by atoms with Crippen LogP contribution in [0.15, 0.2) is 30.3 Å². The molecular formula is C55H88N4O12. The van der Waals surface area contributed by atoms with E-state index in [2.05, 4.69) is 24.1 Å². The van der Waals surface area contributed by atoms with Crippen LogP contribution < -0.4 is 5.32 Å². The van der Waals surface area contributed by atoms with Gasteiger partial charge in [-0.15, -0.1) is 0 Å². The monoisotopic (exact) mass is 997 g/mol. The van der Waals surface area contributed by atoms with Crippen LogP contribution in [0.2, 0.25) is 0 Å². The van der Waals surface area contributed by atoms with Crippen LogP contribution in [-0.2, 0) is 58.9 Å². The Kier molecular flexibility index (Phi) is 24.8. The van der Waals surface area contributed by atoms with Crippen LogP contribution in [0.4, 0.5) is 0 Å². The van der Waals surface area contributed by atoms with Gasteiger partial charge >= 0.3 is 5.97 Å². The summed E-state index contributed by atoms with van der Waals surface area (Å²) in [6, 6.07) is 9.04. The number of ketones is 3. The van der Waals surface area contributed by atoms with Crippen molar-refractivity contribution in [3.05, 3.63) is 35.9 Å². The molecule has 0 spiro atoms. The van der Waals surface area contributed by atoms with Crippen molar-refractivity contribution in [2.24, 2.45) is 41.4 Å². The van der Waals surface area contributed by atoms with E-state index in [1.807, 2.05) is 63.1 Å². The Morgan fingerprint density at radius 1 is 0.845 bits per heavy atom. The highest BCUT2D eigenvalue weighted by molar-refractivity contribution is 5.91. The van der Waals surface area contributed by atoms with Gasteiger partial charge in [0.15, 0.2) is 5.78 Å². The zero-order chi connectivity index (χ0) is 52.4. The van der Waals surface area contributed by atoms with E-state index in [9.17, 15) is 33.6 Å². The summed E-state index contributed by atoms with van der Waals surface area (Å²) in [5.41, 5.74) is 0.919. The van der Waals surface area contributed by atoms with Crippen molar-refractivity contribution >= 4 is 41.0 Å². The number of likely N-dealkylation sites (N-methyl/N-ethyl adjacent to an activating group) is 2. The lowest BCUT2D eigenvalue weighted by Gasteiger charge is -2.41. The number of rotatable bonds is 34. The van der Waals surface area contributed by atoms with Crippen LogP contribution in [0.1, 0.15) is 124 Å². The summed E-state index contributed by atoms with van der Waals surface area (Å²) >= 11 is 0. The number of carbonyl (C=O) groups excluding carboxylic acids is 6. The second kappa shape index (κ2) is 29.6. The number of nitrogens with one attached hydrogen (secondary N) is 1. The molecule has 3 aliphatic rings. The molecule has 1 aliphatic carbocycles. The SMILES string of the molecule is CC[C@H](C)[C@@H]([C@@H](CC(=O)N1CCC[C@H]1[C@H](OC)[C@@H](C)C(=O)C[C@@H](Cc1ccccc1)C(=O)NCCOCCOCCCC(=O)C(C)CC(=O)O)OC)N(C)C(=O)[C@@H](CC(=O)[C@@H]1[C@H]2CC[C@H](C2)N1C)C(C)C. The van der Waals surface area contributed by atoms with Gasteiger partial charge in [-0.2, -0.15) is 0 Å². The molecular weight excluding hydrogens is 909 g/mol. The van der Waals surface area contributed by atoms with Crippen molar-refractivity contribution < 1.29 is 57.6 Å². The number of carboxylic acids is 1. The topological polar surface area (TPSA) is 198 Å². The Labute approximate surface area is 424 Å². The maximum absolute atomic E-state index is 14.5. The summed E-state index contributed by atoms with van der Waals surface area (Å²) in [6.07, 6.45) is 5.18. The maximum atomic E-state index is 14.5. The van der Waals surface area contributed by atoms with Crippen molar-refractivity contribution in [2.75, 3.05) is 67.8 Å². The number of benzene rings is 1. The molecule has 2 N–H and O–H groups in total. The third-order valence-electron chi connectivity index (χ3n) is 15.9. The minimum atomic E-state index is -0.996. The molecule has 16 heteroatoms. The molecule has 0 radical (unpaired) electrons. The number of Topliss-reactive ketones (excluding diaryl/α,β-unsaturated/α-hetero) is 3. The minimum Gasteiger partial charge on any atom is -0.481 e. The number of amides is 3. The fourth-order valence-electron chi connectivity index (χ4n) is 11.5. The van der Waals surface area contributed by atoms with Crippen LogP contribution in [0.5, 0.6) is 0 Å². The van der Waals surface area contributed by atoms with Crippen molar-refractivity contribution in [2.45, 2.75) is 161 Å². The summed E-state index contributed by atoms with van der Waals surface area (Å²) < 4.78 is 23.4. The van der Waals surface area contributed by atoms with Crippen molar-refractivity contribution in [1.29, 1.82) is 0 Å². The van der Waals surface area contributed by atoms with Crippen molar-refractivity contribution in [1.82, 2.24) is 20.0 Å². The van der Waals surface area contributed by atoms with E-state index in [0.29, 0.717) is 51.0 Å². The largest absolute Gasteiger partial charge is 0.481 e. The van der Waals surface area contributed by atoms with Crippen LogP contribution in [-0.4, -0.2) is 165 Å². The number of fused-ring (bicyclic) bond motifs is 2. The van der Waals surface area contributed by atoms with Gasteiger partial charge in [0, 0.05) is 89.9 Å². The fraction of sp³-hybridized carbons (Fsp3) is 0.764. The number of hydrogen-bond acceptors (Lipinski definition) is 12. The van der Waals surface area contributed by atoms with E-state index in [1.165, 1.54) is 0 Å². The standard InChI is InChI=1S/C55H88N4O12/c1-11-36(4)51(58(8)55(67)43(35(2)3)33-47(62)52-40-21-22-42(31-40)57(52)7)48(68-9)34-49(63)59-24-15-19-44(59)53(69-10)38(6)46(61)32-41(30-39-17-13-12-14-18-39)54(66)56-23-26-71-28-27-70-25-16-20-45(60)37(5)29-50(64)65/h12-14,17-18,35-38,40-44,48,51-53H,11,15-16,19-34H2,1-10H3,(H,56,66)(H,64,65)/t36-,37?,38-,40-,41+,42+,43-,44-,48+,51-,52-,53+/m0/s1. The molecule has 16 nitrogen and oxygen atoms in total. The fourth-order valence-corrected chi connectivity index (χ4v) is 11.5. The van der Waals surface area contributed by atoms with Gasteiger partial charge in [0.1, 0.15) is 11.6 Å². The second-order valence-electron chi connectivity index (χ2n) is 21.1. The number of carbonyl (C=O) groups is 7. The summed E-state index contributed by atoms with van der Waals surface area (Å²) in [6.45, 7) is 13.4. The number of methoxy groups -OCH3 is 2. The third-order valence-corrected chi connectivity index (χ3v) is 15.9. The molecule has 2 aliphatic heterocycles. The Morgan fingerprint density at radius 3 is 2.14 bits per heavy atom. The van der Waals surface area contributed by atoms with Crippen LogP contribution in [0.25, 0.3) is 0 Å². The maximum Gasteiger partial charge on any atom is 0.304 e. The average Bonchev–Trinajstić information content (AvgIpc) is 4.11. The van der Waals surface area contributed by atoms with E-state index in [1.54, 1.807) is 33.1 Å². The Balaban J connectivity index is 1.34. The molecule has 1 aromatic rings. The first-order valence-corrected chi connectivity index (χ1v) is 26.4. The lowest BCUT2D eigenvalue weighted by molar-refractivity contribution is -0.149. The molecule has 3 amide bonds. The van der Waals surface area contributed by atoms with Gasteiger partial charge in [0.05, 0.1) is 63.0 Å². The third kappa shape index (κ3) is 17.0. The van der Waals surface area contributed by atoms with E-state index in [0.717, 1.165) is 37.7 Å². The molecule has 1 saturated carbocycles. The zero-order valence-corrected chi connectivity index (χ0v) is 44.6. The summed E-state index contributed by atoms with van der Waals surface area (Å²) in [5.74, 6) is -3.67. The summed E-state index contributed by atoms with van der Waals surface area (Å²) in [4.78, 5) is 99.6. The van der Waals surface area contributed by atoms with E-state index in [-0.39, 0.29) is 111 Å². The quantitative estimate of drug-likeness (QED) is 0.0758. The Bertz CT molecular complexity index is 1880. The molecule has 1 unspecified atom stereocenters. The molecule has 2 saturated heterocycles. The molecule has 2 heterocycles. The van der Waals surface area contributed by atoms with Crippen molar-refractivity contribution in [3.63, 3.8) is 0 Å². The number of aliphatic carboxylic acids is 1. The van der Waals surface area contributed by atoms with E-state index >= 15 is 0 Å². The van der Waals surface area contributed by atoms with Gasteiger partial charge in [0.25, 0.3) is 0 Å². The molecule has 3 fully saturated rings. The Morgan fingerprint density at radius 2 is 1.54 bits per heavy atom. The normalized spacial score (nSPS) is 22.3. The number of ether oxygens (including phenoxy) is 4. The molecule has 0 aromatic heterocycles. The van der Waals surface area contributed by atoms with Gasteiger partial charge in [-0.3, -0.25) is 38.5 Å². The smallest absolute Gasteiger partial charge is 0.304 e. The summed E-state index contributed by atoms with van der Waals surface area (Å²) in [7, 11) is 6.97. The molecule has 400 valence electrons. The van der Waals surface area contributed by atoms with Gasteiger partial charge in [-0.25, -0.2) is 0 Å². The predicted octanol–water partition coefficient (Wildman–Crippen LogP) is 6.05. The number of nitrogens with zero attached hydrogens (tertiary/aromatic N) is 3. The molecule has 4 rings (SSSR count). The number of hydrogen-bond donors (Lipinski definition) is 2. The van der Waals surface area contributed by atoms with Gasteiger partial charge in [-0.05, 0) is 75.3 Å². The van der Waals surface area contributed by atoms with E-state index < -0.39 is 47.9 Å². The predicted molar refractivity (Wildman–Crippen MR) is 270 cm³/mol. The highest BCUT2D eigenvalue weighted by atomic mass is 16.5. The average molecular weight is 997 g/mol. The molecule has 12 atom stereocenters. The van der Waals surface area contributed by atoms with Gasteiger partial charge in [0.2, 0.25) is 17.7 Å². The highest BCUT2D eigenvalue weighted by Gasteiger charge is 2.48.